The molecule has 0 aliphatic carbocycles. The fourth-order valence-electron chi connectivity index (χ4n) is 3.77. The van der Waals surface area contributed by atoms with Crippen LogP contribution in [-0.2, 0) is 10.0 Å². The van der Waals surface area contributed by atoms with Crippen molar-refractivity contribution in [3.63, 3.8) is 0 Å². The standard InChI is InChI=1S/C22H30N2O4S/c1-18-6-12-22(13-7-18)29(26,27)24(19-8-10-21(28-2)11-9-19)17-20(25)16-23-14-4-3-5-15-23/h6-13,20,25H,3-5,14-17H2,1-2H3/p+1/t20-/m0/s1. The summed E-state index contributed by atoms with van der Waals surface area (Å²) in [6.07, 6.45) is 2.81. The largest absolute Gasteiger partial charge is 0.497 e. The molecule has 29 heavy (non-hydrogen) atoms. The molecular weight excluding hydrogens is 388 g/mol. The Morgan fingerprint density at radius 2 is 1.66 bits per heavy atom. The number of quaternary nitrogens is 1. The van der Waals surface area contributed by atoms with Gasteiger partial charge in [-0.05, 0) is 62.6 Å². The quantitative estimate of drug-likeness (QED) is 0.682. The van der Waals surface area contributed by atoms with Gasteiger partial charge in [0, 0.05) is 0 Å². The van der Waals surface area contributed by atoms with Crippen LogP contribution in [0.4, 0.5) is 5.69 Å². The minimum absolute atomic E-state index is 0.0199. The summed E-state index contributed by atoms with van der Waals surface area (Å²) in [7, 11) is -2.23. The Kier molecular flexibility index (Phi) is 7.16. The molecule has 1 saturated heterocycles. The van der Waals surface area contributed by atoms with E-state index in [1.807, 2.05) is 6.92 Å². The number of aliphatic hydroxyl groups is 1. The topological polar surface area (TPSA) is 71.3 Å². The molecule has 0 saturated carbocycles. The van der Waals surface area contributed by atoms with Crippen molar-refractivity contribution in [3.05, 3.63) is 54.1 Å². The number of aryl methyl sites for hydroxylation is 1. The van der Waals surface area contributed by atoms with Gasteiger partial charge in [0.15, 0.2) is 0 Å². The monoisotopic (exact) mass is 419 g/mol. The predicted octanol–water partition coefficient (Wildman–Crippen LogP) is 1.63. The van der Waals surface area contributed by atoms with Gasteiger partial charge in [0.05, 0.1) is 37.3 Å². The molecule has 7 heteroatoms. The number of likely N-dealkylation sites (tertiary alicyclic amines) is 1. The highest BCUT2D eigenvalue weighted by Crippen LogP contribution is 2.26. The number of piperidine rings is 1. The summed E-state index contributed by atoms with van der Waals surface area (Å²) in [5.41, 5.74) is 1.51. The lowest BCUT2D eigenvalue weighted by atomic mass is 10.1. The molecule has 0 unspecified atom stereocenters. The molecule has 2 aromatic rings. The summed E-state index contributed by atoms with van der Waals surface area (Å²) in [6, 6.07) is 13.7. The first-order chi connectivity index (χ1) is 13.9. The van der Waals surface area contributed by atoms with Crippen LogP contribution in [0.5, 0.6) is 5.75 Å². The first-order valence-corrected chi connectivity index (χ1v) is 11.6. The summed E-state index contributed by atoms with van der Waals surface area (Å²) < 4.78 is 33.3. The van der Waals surface area contributed by atoms with E-state index in [9.17, 15) is 13.5 Å². The number of rotatable bonds is 8. The summed E-state index contributed by atoms with van der Waals surface area (Å²) in [6.45, 7) is 4.56. The van der Waals surface area contributed by atoms with E-state index in [2.05, 4.69) is 0 Å². The highest BCUT2D eigenvalue weighted by molar-refractivity contribution is 7.92. The molecular formula is C22H31N2O4S+. The number of methoxy groups -OCH3 is 1. The maximum absolute atomic E-state index is 13.4. The smallest absolute Gasteiger partial charge is 0.264 e. The zero-order valence-corrected chi connectivity index (χ0v) is 18.0. The van der Waals surface area contributed by atoms with Gasteiger partial charge in [-0.3, -0.25) is 4.31 Å². The Morgan fingerprint density at radius 3 is 2.24 bits per heavy atom. The molecule has 0 spiro atoms. The van der Waals surface area contributed by atoms with Gasteiger partial charge < -0.3 is 14.7 Å². The van der Waals surface area contributed by atoms with E-state index in [4.69, 9.17) is 4.74 Å². The highest BCUT2D eigenvalue weighted by Gasteiger charge is 2.29. The lowest BCUT2D eigenvalue weighted by molar-refractivity contribution is -0.907. The fourth-order valence-corrected chi connectivity index (χ4v) is 5.28. The van der Waals surface area contributed by atoms with Gasteiger partial charge in [-0.25, -0.2) is 8.42 Å². The average Bonchev–Trinajstić information content (AvgIpc) is 2.73. The Hall–Kier alpha value is -2.09. The average molecular weight is 420 g/mol. The normalized spacial score (nSPS) is 16.4. The maximum atomic E-state index is 13.4. The third-order valence-corrected chi connectivity index (χ3v) is 7.24. The second-order valence-corrected chi connectivity index (χ2v) is 9.58. The molecule has 1 fully saturated rings. The minimum Gasteiger partial charge on any atom is -0.497 e. The molecule has 1 atom stereocenters. The zero-order chi connectivity index (χ0) is 20.9. The van der Waals surface area contributed by atoms with Crippen LogP contribution in [0.3, 0.4) is 0 Å². The predicted molar refractivity (Wildman–Crippen MR) is 114 cm³/mol. The van der Waals surface area contributed by atoms with Crippen molar-refractivity contribution in [1.29, 1.82) is 0 Å². The Bertz CT molecular complexity index is 876. The van der Waals surface area contributed by atoms with Crippen LogP contribution in [0.1, 0.15) is 24.8 Å². The van der Waals surface area contributed by atoms with Crippen molar-refractivity contribution < 1.29 is 23.2 Å². The number of sulfonamides is 1. The van der Waals surface area contributed by atoms with Gasteiger partial charge in [-0.2, -0.15) is 0 Å². The van der Waals surface area contributed by atoms with E-state index >= 15 is 0 Å². The van der Waals surface area contributed by atoms with Crippen LogP contribution in [0.15, 0.2) is 53.4 Å². The molecule has 1 aliphatic rings. The van der Waals surface area contributed by atoms with Crippen LogP contribution < -0.4 is 13.9 Å². The summed E-state index contributed by atoms with van der Waals surface area (Å²) in [4.78, 5) is 1.56. The Labute approximate surface area is 173 Å². The number of aliphatic hydroxyl groups excluding tert-OH is 1. The first-order valence-electron chi connectivity index (χ1n) is 10.2. The lowest BCUT2D eigenvalue weighted by Gasteiger charge is -2.30. The number of nitrogens with zero attached hydrogens (tertiary/aromatic N) is 1. The summed E-state index contributed by atoms with van der Waals surface area (Å²) in [5.74, 6) is 0.653. The van der Waals surface area contributed by atoms with Crippen molar-refractivity contribution in [3.8, 4) is 5.75 Å². The van der Waals surface area contributed by atoms with Crippen LogP contribution in [0.2, 0.25) is 0 Å². The number of anilines is 1. The van der Waals surface area contributed by atoms with Crippen LogP contribution in [0.25, 0.3) is 0 Å². The third-order valence-electron chi connectivity index (χ3n) is 5.43. The van der Waals surface area contributed by atoms with E-state index in [0.29, 0.717) is 18.0 Å². The van der Waals surface area contributed by atoms with E-state index in [0.717, 1.165) is 31.5 Å². The van der Waals surface area contributed by atoms with Gasteiger partial charge in [0.1, 0.15) is 18.4 Å². The second kappa shape index (κ2) is 9.61. The molecule has 0 amide bonds. The van der Waals surface area contributed by atoms with Crippen LogP contribution >= 0.6 is 0 Å². The first kappa shape index (κ1) is 21.6. The molecule has 6 nitrogen and oxygen atoms in total. The minimum atomic E-state index is -3.80. The molecule has 1 aliphatic heterocycles. The number of nitrogens with one attached hydrogen (secondary N) is 1. The molecule has 158 valence electrons. The highest BCUT2D eigenvalue weighted by atomic mass is 32.2. The van der Waals surface area contributed by atoms with E-state index in [1.54, 1.807) is 55.6 Å². The zero-order valence-electron chi connectivity index (χ0n) is 17.2. The maximum Gasteiger partial charge on any atom is 0.264 e. The van der Waals surface area contributed by atoms with Crippen LogP contribution in [-0.4, -0.2) is 52.9 Å². The molecule has 0 bridgehead atoms. The molecule has 3 rings (SSSR count). The van der Waals surface area contributed by atoms with Crippen molar-refractivity contribution >= 4 is 15.7 Å². The fraction of sp³-hybridized carbons (Fsp3) is 0.455. The number of hydrogen-bond acceptors (Lipinski definition) is 4. The lowest BCUT2D eigenvalue weighted by Crippen LogP contribution is -3.14. The Balaban J connectivity index is 1.86. The molecule has 2 N–H and O–H groups in total. The molecule has 0 aromatic heterocycles. The van der Waals surface area contributed by atoms with Gasteiger partial charge in [-0.1, -0.05) is 17.7 Å². The van der Waals surface area contributed by atoms with Crippen molar-refractivity contribution in [2.75, 3.05) is 37.6 Å². The molecule has 2 aromatic carbocycles. The number of ether oxygens (including phenoxy) is 1. The number of benzene rings is 2. The van der Waals surface area contributed by atoms with Gasteiger partial charge in [0.2, 0.25) is 0 Å². The SMILES string of the molecule is COc1ccc(N(C[C@@H](O)C[NH+]2CCCCC2)S(=O)(=O)c2ccc(C)cc2)cc1. The van der Waals surface area contributed by atoms with Crippen LogP contribution in [0, 0.1) is 6.92 Å². The van der Waals surface area contributed by atoms with Crippen molar-refractivity contribution in [2.24, 2.45) is 0 Å². The van der Waals surface area contributed by atoms with Crippen molar-refractivity contribution in [2.45, 2.75) is 37.2 Å². The second-order valence-electron chi connectivity index (χ2n) is 7.72. The van der Waals surface area contributed by atoms with Gasteiger partial charge in [0.25, 0.3) is 10.0 Å². The molecule has 1 heterocycles. The van der Waals surface area contributed by atoms with E-state index in [-0.39, 0.29) is 11.4 Å². The summed E-state index contributed by atoms with van der Waals surface area (Å²) >= 11 is 0. The van der Waals surface area contributed by atoms with E-state index in [1.165, 1.54) is 15.6 Å². The van der Waals surface area contributed by atoms with E-state index < -0.39 is 16.1 Å². The molecule has 0 radical (unpaired) electrons. The number of hydrogen-bond donors (Lipinski definition) is 2. The van der Waals surface area contributed by atoms with Gasteiger partial charge in [-0.15, -0.1) is 0 Å². The van der Waals surface area contributed by atoms with Crippen molar-refractivity contribution in [1.82, 2.24) is 0 Å². The Morgan fingerprint density at radius 1 is 1.03 bits per heavy atom. The summed E-state index contributed by atoms with van der Waals surface area (Å²) in [5, 5.41) is 10.7. The van der Waals surface area contributed by atoms with Gasteiger partial charge >= 0.3 is 0 Å². The third kappa shape index (κ3) is 5.50.